The van der Waals surface area contributed by atoms with Gasteiger partial charge in [-0.25, -0.2) is 0 Å². The van der Waals surface area contributed by atoms with Crippen LogP contribution >= 0.6 is 0 Å². The van der Waals surface area contributed by atoms with Crippen LogP contribution in [0.2, 0.25) is 0 Å². The Kier molecular flexibility index (Phi) is 4.14. The highest BCUT2D eigenvalue weighted by Crippen LogP contribution is 2.24. The zero-order chi connectivity index (χ0) is 16.2. The molecule has 5 nitrogen and oxygen atoms in total. The molecule has 0 amide bonds. The minimum atomic E-state index is 0.493. The van der Waals surface area contributed by atoms with E-state index in [2.05, 4.69) is 50.7 Å². The molecule has 0 radical (unpaired) electrons. The molecule has 24 heavy (non-hydrogen) atoms. The summed E-state index contributed by atoms with van der Waals surface area (Å²) < 4.78 is 5.30. The van der Waals surface area contributed by atoms with Crippen LogP contribution in [0.5, 0.6) is 0 Å². The molecule has 2 aromatic carbocycles. The number of benzene rings is 2. The number of hydrogen-bond donors (Lipinski definition) is 1. The molecule has 0 aliphatic carbocycles. The first-order valence-electron chi connectivity index (χ1n) is 8.31. The first-order chi connectivity index (χ1) is 11.9. The molecule has 0 saturated carbocycles. The summed E-state index contributed by atoms with van der Waals surface area (Å²) in [7, 11) is 0. The van der Waals surface area contributed by atoms with Crippen molar-refractivity contribution in [1.29, 1.82) is 0 Å². The van der Waals surface area contributed by atoms with E-state index in [0.717, 1.165) is 25.2 Å². The van der Waals surface area contributed by atoms with Crippen LogP contribution in [0.15, 0.2) is 65.2 Å². The molecule has 3 aromatic rings. The molecule has 0 unspecified atom stereocenters. The third kappa shape index (κ3) is 3.25. The van der Waals surface area contributed by atoms with Gasteiger partial charge in [-0.05, 0) is 24.5 Å². The summed E-state index contributed by atoms with van der Waals surface area (Å²) in [5.41, 5.74) is 2.26. The van der Waals surface area contributed by atoms with E-state index in [1.807, 2.05) is 30.3 Å². The fourth-order valence-electron chi connectivity index (χ4n) is 3.10. The maximum absolute atomic E-state index is 5.30. The van der Waals surface area contributed by atoms with Gasteiger partial charge in [0.05, 0.1) is 0 Å². The summed E-state index contributed by atoms with van der Waals surface area (Å²) in [5.74, 6) is 1.20. The molecule has 5 heteroatoms. The zero-order valence-corrected chi connectivity index (χ0v) is 13.4. The monoisotopic (exact) mass is 320 g/mol. The predicted molar refractivity (Wildman–Crippen MR) is 95.0 cm³/mol. The quantitative estimate of drug-likeness (QED) is 0.777. The Morgan fingerprint density at radius 2 is 1.79 bits per heavy atom. The number of rotatable bonds is 5. The second kappa shape index (κ2) is 6.74. The van der Waals surface area contributed by atoms with Crippen molar-refractivity contribution in [3.05, 3.63) is 60.7 Å². The van der Waals surface area contributed by atoms with Crippen molar-refractivity contribution in [2.24, 2.45) is 5.92 Å². The minimum absolute atomic E-state index is 0.493. The first-order valence-corrected chi connectivity index (χ1v) is 8.31. The van der Waals surface area contributed by atoms with Gasteiger partial charge >= 0.3 is 6.01 Å². The molecular formula is C19H20N4O. The van der Waals surface area contributed by atoms with E-state index in [9.17, 15) is 0 Å². The van der Waals surface area contributed by atoms with Gasteiger partial charge in [0.15, 0.2) is 0 Å². The third-order valence-electron chi connectivity index (χ3n) is 4.41. The minimum Gasteiger partial charge on any atom is -0.371 e. The Morgan fingerprint density at radius 1 is 1.04 bits per heavy atom. The number of hydrogen-bond acceptors (Lipinski definition) is 5. The molecule has 4 rings (SSSR count). The van der Waals surface area contributed by atoms with Crippen molar-refractivity contribution >= 4 is 11.7 Å². The molecule has 1 atom stereocenters. The van der Waals surface area contributed by atoms with Crippen LogP contribution in [-0.4, -0.2) is 29.8 Å². The summed E-state index contributed by atoms with van der Waals surface area (Å²) in [4.78, 5) is 6.84. The van der Waals surface area contributed by atoms with E-state index in [1.165, 1.54) is 12.1 Å². The van der Waals surface area contributed by atoms with Gasteiger partial charge in [-0.2, -0.15) is 4.98 Å². The van der Waals surface area contributed by atoms with Crippen LogP contribution in [0.3, 0.4) is 0 Å². The average molecular weight is 320 g/mol. The highest BCUT2D eigenvalue weighted by atomic mass is 16.5. The Balaban J connectivity index is 1.33. The van der Waals surface area contributed by atoms with Crippen LogP contribution in [-0.2, 0) is 0 Å². The van der Waals surface area contributed by atoms with Crippen molar-refractivity contribution in [3.8, 4) is 11.4 Å². The lowest BCUT2D eigenvalue weighted by atomic mass is 10.1. The largest absolute Gasteiger partial charge is 0.371 e. The van der Waals surface area contributed by atoms with E-state index >= 15 is 0 Å². The van der Waals surface area contributed by atoms with Gasteiger partial charge in [0, 0.05) is 30.9 Å². The molecule has 122 valence electrons. The number of nitrogens with zero attached hydrogens (tertiary/aromatic N) is 3. The van der Waals surface area contributed by atoms with E-state index in [-0.39, 0.29) is 0 Å². The molecule has 1 fully saturated rings. The predicted octanol–water partition coefficient (Wildman–Crippen LogP) is 3.68. The highest BCUT2D eigenvalue weighted by molar-refractivity contribution is 5.55. The van der Waals surface area contributed by atoms with Gasteiger partial charge in [0.25, 0.3) is 0 Å². The zero-order valence-electron chi connectivity index (χ0n) is 13.4. The Hall–Kier alpha value is -2.82. The third-order valence-corrected chi connectivity index (χ3v) is 4.41. The smallest absolute Gasteiger partial charge is 0.321 e. The van der Waals surface area contributed by atoms with Gasteiger partial charge in [-0.15, -0.1) is 0 Å². The maximum atomic E-state index is 5.30. The van der Waals surface area contributed by atoms with Gasteiger partial charge in [0.1, 0.15) is 0 Å². The van der Waals surface area contributed by atoms with Crippen LogP contribution in [0.25, 0.3) is 11.4 Å². The Bertz CT molecular complexity index is 772. The second-order valence-electron chi connectivity index (χ2n) is 6.11. The van der Waals surface area contributed by atoms with E-state index in [4.69, 9.17) is 4.52 Å². The van der Waals surface area contributed by atoms with Gasteiger partial charge in [0.2, 0.25) is 5.82 Å². The van der Waals surface area contributed by atoms with Gasteiger partial charge < -0.3 is 14.7 Å². The lowest BCUT2D eigenvalue weighted by Crippen LogP contribution is -2.22. The van der Waals surface area contributed by atoms with Crippen LogP contribution in [0.4, 0.5) is 11.7 Å². The lowest BCUT2D eigenvalue weighted by molar-refractivity contribution is 0.428. The second-order valence-corrected chi connectivity index (χ2v) is 6.11. The molecular weight excluding hydrogens is 300 g/mol. The fourth-order valence-corrected chi connectivity index (χ4v) is 3.10. The van der Waals surface area contributed by atoms with Crippen molar-refractivity contribution in [3.63, 3.8) is 0 Å². The number of nitrogens with one attached hydrogen (secondary N) is 1. The van der Waals surface area contributed by atoms with Crippen LogP contribution in [0.1, 0.15) is 6.42 Å². The summed E-state index contributed by atoms with van der Waals surface area (Å²) in [6, 6.07) is 20.9. The summed E-state index contributed by atoms with van der Waals surface area (Å²) in [6.07, 6.45) is 1.17. The number of para-hydroxylation sites is 1. The molecule has 1 N–H and O–H groups in total. The maximum Gasteiger partial charge on any atom is 0.321 e. The molecule has 0 spiro atoms. The SMILES string of the molecule is c1ccc(-c2noc(NC[C@H]3CCN(c4ccccc4)C3)n2)cc1. The van der Waals surface area contributed by atoms with Gasteiger partial charge in [-0.3, -0.25) is 0 Å². The van der Waals surface area contributed by atoms with Crippen molar-refractivity contribution in [2.45, 2.75) is 6.42 Å². The first kappa shape index (κ1) is 14.8. The molecule has 1 saturated heterocycles. The number of aromatic nitrogens is 2. The molecule has 0 bridgehead atoms. The van der Waals surface area contributed by atoms with Gasteiger partial charge in [-0.1, -0.05) is 53.7 Å². The summed E-state index contributed by atoms with van der Waals surface area (Å²) in [5, 5.41) is 7.32. The standard InChI is InChI=1S/C19H20N4O/c1-3-7-16(8-4-1)18-21-19(24-22-18)20-13-15-11-12-23(14-15)17-9-5-2-6-10-17/h1-10,15H,11-14H2,(H,20,21,22)/t15-/m1/s1. The van der Waals surface area contributed by atoms with Crippen molar-refractivity contribution in [1.82, 2.24) is 10.1 Å². The fraction of sp³-hybridized carbons (Fsp3) is 0.263. The normalized spacial score (nSPS) is 17.2. The molecule has 1 aromatic heterocycles. The molecule has 2 heterocycles. The van der Waals surface area contributed by atoms with E-state index < -0.39 is 0 Å². The topological polar surface area (TPSA) is 54.2 Å². The Labute approximate surface area is 141 Å². The van der Waals surface area contributed by atoms with Crippen molar-refractivity contribution < 1.29 is 4.52 Å². The summed E-state index contributed by atoms with van der Waals surface area (Å²) in [6.45, 7) is 2.99. The van der Waals surface area contributed by atoms with Crippen LogP contribution < -0.4 is 10.2 Å². The van der Waals surface area contributed by atoms with E-state index in [0.29, 0.717) is 17.8 Å². The van der Waals surface area contributed by atoms with Crippen LogP contribution in [0, 0.1) is 5.92 Å². The summed E-state index contributed by atoms with van der Waals surface area (Å²) >= 11 is 0. The van der Waals surface area contributed by atoms with Crippen molar-refractivity contribution in [2.75, 3.05) is 29.9 Å². The Morgan fingerprint density at radius 3 is 2.58 bits per heavy atom. The lowest BCUT2D eigenvalue weighted by Gasteiger charge is -2.18. The molecule has 1 aliphatic rings. The average Bonchev–Trinajstić information content (AvgIpc) is 3.31. The number of anilines is 2. The highest BCUT2D eigenvalue weighted by Gasteiger charge is 2.23. The molecule has 1 aliphatic heterocycles. The van der Waals surface area contributed by atoms with E-state index in [1.54, 1.807) is 0 Å².